The summed E-state index contributed by atoms with van der Waals surface area (Å²) in [6.07, 6.45) is 4.77. The van der Waals surface area contributed by atoms with Crippen LogP contribution in [0.4, 0.5) is 5.82 Å². The lowest BCUT2D eigenvalue weighted by Gasteiger charge is -2.36. The normalized spacial score (nSPS) is 16.2. The first kappa shape index (κ1) is 22.2. The van der Waals surface area contributed by atoms with E-state index in [1.807, 2.05) is 38.1 Å². The van der Waals surface area contributed by atoms with Crippen LogP contribution < -0.4 is 14.8 Å². The van der Waals surface area contributed by atoms with Gasteiger partial charge in [-0.05, 0) is 45.2 Å². The lowest BCUT2D eigenvalue weighted by Crippen LogP contribution is -2.49. The van der Waals surface area contributed by atoms with Crippen molar-refractivity contribution in [2.24, 2.45) is 0 Å². The van der Waals surface area contributed by atoms with E-state index >= 15 is 0 Å². The Hall–Kier alpha value is -2.54. The predicted octanol–water partition coefficient (Wildman–Crippen LogP) is 4.42. The van der Waals surface area contributed by atoms with Gasteiger partial charge in [-0.15, -0.1) is 0 Å². The number of anilines is 1. The van der Waals surface area contributed by atoms with Gasteiger partial charge in [0.25, 0.3) is 0 Å². The number of carbonyl (C=O) groups is 1. The number of para-hydroxylation sites is 2. The van der Waals surface area contributed by atoms with Gasteiger partial charge in [-0.1, -0.05) is 37.1 Å². The molecular formula is C23H33N3O4. The van der Waals surface area contributed by atoms with Crippen LogP contribution in [0.5, 0.6) is 11.5 Å². The van der Waals surface area contributed by atoms with E-state index in [1.54, 1.807) is 6.07 Å². The first-order chi connectivity index (χ1) is 14.6. The summed E-state index contributed by atoms with van der Waals surface area (Å²) in [7, 11) is 0. The second kappa shape index (κ2) is 11.0. The highest BCUT2D eigenvalue weighted by molar-refractivity contribution is 5.94. The molecule has 1 atom stereocenters. The summed E-state index contributed by atoms with van der Waals surface area (Å²) in [5.41, 5.74) is 0. The van der Waals surface area contributed by atoms with Crippen molar-refractivity contribution in [3.8, 4) is 11.5 Å². The van der Waals surface area contributed by atoms with Gasteiger partial charge in [0, 0.05) is 19.2 Å². The molecule has 1 saturated heterocycles. The minimum absolute atomic E-state index is 0.0159. The lowest BCUT2D eigenvalue weighted by molar-refractivity contribution is -0.122. The third-order valence-electron chi connectivity index (χ3n) is 5.37. The van der Waals surface area contributed by atoms with E-state index in [1.165, 1.54) is 0 Å². The smallest absolute Gasteiger partial charge is 0.242 e. The number of rotatable bonds is 10. The number of nitrogens with zero attached hydrogens (tertiary/aromatic N) is 2. The molecule has 1 aliphatic rings. The van der Waals surface area contributed by atoms with E-state index in [9.17, 15) is 4.79 Å². The van der Waals surface area contributed by atoms with Gasteiger partial charge in [-0.3, -0.25) is 9.69 Å². The molecule has 0 spiro atoms. The first-order valence-corrected chi connectivity index (χ1v) is 11.0. The quantitative estimate of drug-likeness (QED) is 0.619. The monoisotopic (exact) mass is 415 g/mol. The van der Waals surface area contributed by atoms with Crippen molar-refractivity contribution in [2.45, 2.75) is 65.0 Å². The molecule has 2 heterocycles. The van der Waals surface area contributed by atoms with Crippen molar-refractivity contribution < 1.29 is 18.8 Å². The Morgan fingerprint density at radius 3 is 2.63 bits per heavy atom. The van der Waals surface area contributed by atoms with Crippen LogP contribution in [0, 0.1) is 6.92 Å². The van der Waals surface area contributed by atoms with Gasteiger partial charge in [0.1, 0.15) is 11.9 Å². The number of hydrogen-bond donors (Lipinski definition) is 1. The van der Waals surface area contributed by atoms with Crippen molar-refractivity contribution in [3.63, 3.8) is 0 Å². The topological polar surface area (TPSA) is 76.8 Å². The molecule has 1 N–H and O–H groups in total. The number of likely N-dealkylation sites (tertiary alicyclic amines) is 1. The molecule has 0 aliphatic carbocycles. The summed E-state index contributed by atoms with van der Waals surface area (Å²) in [5.74, 6) is 2.72. The Labute approximate surface area is 178 Å². The molecular weight excluding hydrogens is 382 g/mol. The fraction of sp³-hybridized carbons (Fsp3) is 0.565. The van der Waals surface area contributed by atoms with Crippen molar-refractivity contribution in [3.05, 3.63) is 36.1 Å². The molecule has 0 saturated carbocycles. The second-order valence-corrected chi connectivity index (χ2v) is 7.70. The maximum Gasteiger partial charge on any atom is 0.242 e. The van der Waals surface area contributed by atoms with E-state index in [0.717, 1.165) is 56.7 Å². The Balaban J connectivity index is 1.58. The van der Waals surface area contributed by atoms with Gasteiger partial charge in [0.05, 0.1) is 12.6 Å². The largest absolute Gasteiger partial charge is 0.490 e. The van der Waals surface area contributed by atoms with Crippen LogP contribution in [0.2, 0.25) is 0 Å². The summed E-state index contributed by atoms with van der Waals surface area (Å²) < 4.78 is 17.0. The van der Waals surface area contributed by atoms with E-state index in [4.69, 9.17) is 14.0 Å². The number of unbranched alkanes of at least 4 members (excludes halogenated alkanes) is 1. The lowest BCUT2D eigenvalue weighted by atomic mass is 10.0. The second-order valence-electron chi connectivity index (χ2n) is 7.70. The number of aromatic nitrogens is 1. The van der Waals surface area contributed by atoms with Crippen LogP contribution in [-0.4, -0.2) is 47.8 Å². The average molecular weight is 416 g/mol. The van der Waals surface area contributed by atoms with Crippen molar-refractivity contribution in [1.82, 2.24) is 10.1 Å². The van der Waals surface area contributed by atoms with Crippen molar-refractivity contribution in [1.29, 1.82) is 0 Å². The number of nitrogens with one attached hydrogen (secondary N) is 1. The van der Waals surface area contributed by atoms with E-state index < -0.39 is 0 Å². The highest BCUT2D eigenvalue weighted by atomic mass is 16.5. The molecule has 1 unspecified atom stereocenters. The van der Waals surface area contributed by atoms with E-state index in [0.29, 0.717) is 18.2 Å². The fourth-order valence-electron chi connectivity index (χ4n) is 3.82. The molecule has 30 heavy (non-hydrogen) atoms. The summed E-state index contributed by atoms with van der Waals surface area (Å²) >= 11 is 0. The SMILES string of the molecule is CCCCC(C(=O)Nc1cc(C)on1)N1CCC(Oc2ccccc2OCC)CC1. The van der Waals surface area contributed by atoms with Crippen LogP contribution in [0.3, 0.4) is 0 Å². The minimum Gasteiger partial charge on any atom is -0.490 e. The molecule has 3 rings (SSSR count). The Kier molecular flexibility index (Phi) is 8.13. The number of ether oxygens (including phenoxy) is 2. The summed E-state index contributed by atoms with van der Waals surface area (Å²) in [6, 6.07) is 9.38. The van der Waals surface area contributed by atoms with Crippen LogP contribution in [-0.2, 0) is 4.79 Å². The molecule has 1 aromatic carbocycles. The molecule has 7 heteroatoms. The zero-order chi connectivity index (χ0) is 21.3. The third-order valence-corrected chi connectivity index (χ3v) is 5.37. The summed E-state index contributed by atoms with van der Waals surface area (Å²) in [6.45, 7) is 8.18. The zero-order valence-electron chi connectivity index (χ0n) is 18.2. The highest BCUT2D eigenvalue weighted by Crippen LogP contribution is 2.30. The summed E-state index contributed by atoms with van der Waals surface area (Å²) in [4.78, 5) is 15.2. The molecule has 1 aromatic heterocycles. The molecule has 7 nitrogen and oxygen atoms in total. The number of carbonyl (C=O) groups excluding carboxylic acids is 1. The minimum atomic E-state index is -0.168. The molecule has 1 fully saturated rings. The van der Waals surface area contributed by atoms with Gasteiger partial charge in [0.15, 0.2) is 17.3 Å². The third kappa shape index (κ3) is 5.98. The van der Waals surface area contributed by atoms with Crippen LogP contribution in [0.15, 0.2) is 34.9 Å². The fourth-order valence-corrected chi connectivity index (χ4v) is 3.82. The number of hydrogen-bond acceptors (Lipinski definition) is 6. The molecule has 2 aromatic rings. The number of piperidine rings is 1. The van der Waals surface area contributed by atoms with Crippen molar-refractivity contribution >= 4 is 11.7 Å². The van der Waals surface area contributed by atoms with Gasteiger partial charge in [-0.25, -0.2) is 0 Å². The van der Waals surface area contributed by atoms with Crippen LogP contribution in [0.25, 0.3) is 0 Å². The molecule has 0 bridgehead atoms. The van der Waals surface area contributed by atoms with Crippen LogP contribution in [0.1, 0.15) is 51.7 Å². The molecule has 0 radical (unpaired) electrons. The Bertz CT molecular complexity index is 799. The molecule has 1 amide bonds. The molecule has 164 valence electrons. The highest BCUT2D eigenvalue weighted by Gasteiger charge is 2.30. The number of amides is 1. The standard InChI is InChI=1S/C23H33N3O4/c1-4-6-9-19(23(27)24-22-16-17(3)30-25-22)26-14-12-18(13-15-26)29-21-11-8-7-10-20(21)28-5-2/h7-8,10-11,16,18-19H,4-6,9,12-15H2,1-3H3,(H,24,25,27). The first-order valence-electron chi connectivity index (χ1n) is 11.0. The van der Waals surface area contributed by atoms with Gasteiger partial charge < -0.3 is 19.3 Å². The number of aryl methyl sites for hydroxylation is 1. The summed E-state index contributed by atoms with van der Waals surface area (Å²) in [5, 5.41) is 6.80. The predicted molar refractivity (Wildman–Crippen MR) is 116 cm³/mol. The van der Waals surface area contributed by atoms with E-state index in [-0.39, 0.29) is 18.1 Å². The average Bonchev–Trinajstić information content (AvgIpc) is 3.15. The van der Waals surface area contributed by atoms with Gasteiger partial charge >= 0.3 is 0 Å². The maximum absolute atomic E-state index is 12.9. The number of benzene rings is 1. The van der Waals surface area contributed by atoms with Crippen LogP contribution >= 0.6 is 0 Å². The van der Waals surface area contributed by atoms with E-state index in [2.05, 4.69) is 22.3 Å². The maximum atomic E-state index is 12.9. The van der Waals surface area contributed by atoms with Gasteiger partial charge in [-0.2, -0.15) is 0 Å². The Morgan fingerprint density at radius 2 is 2.00 bits per heavy atom. The zero-order valence-corrected chi connectivity index (χ0v) is 18.2. The molecule has 1 aliphatic heterocycles. The Morgan fingerprint density at radius 1 is 1.27 bits per heavy atom. The van der Waals surface area contributed by atoms with Crippen molar-refractivity contribution in [2.75, 3.05) is 25.0 Å². The van der Waals surface area contributed by atoms with Gasteiger partial charge in [0.2, 0.25) is 5.91 Å².